The molecule has 0 aliphatic carbocycles. The van der Waals surface area contributed by atoms with Crippen LogP contribution >= 0.6 is 11.3 Å². The van der Waals surface area contributed by atoms with E-state index in [2.05, 4.69) is 15.0 Å². The summed E-state index contributed by atoms with van der Waals surface area (Å²) >= 11 is 1.35. The predicted octanol–water partition coefficient (Wildman–Crippen LogP) is 4.26. The van der Waals surface area contributed by atoms with Crippen molar-refractivity contribution in [2.75, 3.05) is 19.5 Å². The number of ether oxygens (including phenoxy) is 2. The average Bonchev–Trinajstić information content (AvgIpc) is 3.20. The van der Waals surface area contributed by atoms with Gasteiger partial charge >= 0.3 is 5.97 Å². The maximum Gasteiger partial charge on any atom is 0.337 e. The number of anilines is 1. The second kappa shape index (κ2) is 8.96. The van der Waals surface area contributed by atoms with Gasteiger partial charge in [-0.1, -0.05) is 12.1 Å². The molecule has 0 unspecified atom stereocenters. The minimum absolute atomic E-state index is 0.285. The van der Waals surface area contributed by atoms with E-state index < -0.39 is 5.97 Å². The SMILES string of the molecule is COC(=O)c1ccc(/C=C/C(=O)Nc2nc(-c3ccc(OC)cc3)cs2)cc1. The van der Waals surface area contributed by atoms with Gasteiger partial charge < -0.3 is 9.47 Å². The number of carbonyl (C=O) groups excluding carboxylic acids is 2. The molecule has 1 amide bonds. The minimum Gasteiger partial charge on any atom is -0.497 e. The van der Waals surface area contributed by atoms with Crippen molar-refractivity contribution >= 4 is 34.4 Å². The highest BCUT2D eigenvalue weighted by Gasteiger charge is 2.07. The quantitative estimate of drug-likeness (QED) is 0.499. The fourth-order valence-electron chi connectivity index (χ4n) is 2.39. The van der Waals surface area contributed by atoms with Crippen molar-refractivity contribution in [1.82, 2.24) is 4.98 Å². The average molecular weight is 394 g/mol. The molecular weight excluding hydrogens is 376 g/mol. The lowest BCUT2D eigenvalue weighted by Crippen LogP contribution is -2.07. The van der Waals surface area contributed by atoms with Crippen LogP contribution in [-0.4, -0.2) is 31.1 Å². The molecule has 0 atom stereocenters. The lowest BCUT2D eigenvalue weighted by atomic mass is 10.1. The highest BCUT2D eigenvalue weighted by atomic mass is 32.1. The number of hydrogen-bond acceptors (Lipinski definition) is 6. The molecule has 2 aromatic carbocycles. The van der Waals surface area contributed by atoms with E-state index in [4.69, 9.17) is 4.74 Å². The monoisotopic (exact) mass is 394 g/mol. The summed E-state index contributed by atoms with van der Waals surface area (Å²) in [7, 11) is 2.95. The van der Waals surface area contributed by atoms with E-state index in [0.717, 1.165) is 22.6 Å². The van der Waals surface area contributed by atoms with Crippen molar-refractivity contribution in [1.29, 1.82) is 0 Å². The van der Waals surface area contributed by atoms with Crippen LogP contribution in [0, 0.1) is 0 Å². The molecule has 142 valence electrons. The summed E-state index contributed by atoms with van der Waals surface area (Å²) < 4.78 is 9.80. The van der Waals surface area contributed by atoms with Gasteiger partial charge in [-0.3, -0.25) is 10.1 Å². The van der Waals surface area contributed by atoms with Gasteiger partial charge in [0.05, 0.1) is 25.5 Å². The minimum atomic E-state index is -0.398. The predicted molar refractivity (Wildman–Crippen MR) is 110 cm³/mol. The van der Waals surface area contributed by atoms with Crippen molar-refractivity contribution in [3.63, 3.8) is 0 Å². The Morgan fingerprint density at radius 2 is 1.75 bits per heavy atom. The Morgan fingerprint density at radius 3 is 2.39 bits per heavy atom. The molecular formula is C21H18N2O4S. The number of carbonyl (C=O) groups is 2. The first-order chi connectivity index (χ1) is 13.6. The topological polar surface area (TPSA) is 77.5 Å². The standard InChI is InChI=1S/C21H18N2O4S/c1-26-17-10-8-15(9-11-17)18-13-28-21(22-18)23-19(24)12-5-14-3-6-16(7-4-14)20(25)27-2/h3-13H,1-2H3,(H,22,23,24)/b12-5+. The maximum atomic E-state index is 12.1. The largest absolute Gasteiger partial charge is 0.497 e. The Hall–Kier alpha value is -3.45. The number of benzene rings is 2. The van der Waals surface area contributed by atoms with Crippen LogP contribution in [0.3, 0.4) is 0 Å². The Balaban J connectivity index is 1.61. The first kappa shape index (κ1) is 19.3. The van der Waals surface area contributed by atoms with Crippen molar-refractivity contribution < 1.29 is 19.1 Å². The Kier molecular flexibility index (Phi) is 6.18. The molecule has 0 aliphatic heterocycles. The van der Waals surface area contributed by atoms with E-state index in [0.29, 0.717) is 10.7 Å². The molecule has 0 spiro atoms. The first-order valence-electron chi connectivity index (χ1n) is 8.36. The zero-order valence-corrected chi connectivity index (χ0v) is 16.2. The lowest BCUT2D eigenvalue weighted by molar-refractivity contribution is -0.111. The molecule has 0 saturated heterocycles. The van der Waals surface area contributed by atoms with Gasteiger partial charge in [-0.2, -0.15) is 0 Å². The van der Waals surface area contributed by atoms with Crippen LogP contribution < -0.4 is 10.1 Å². The third-order valence-corrected chi connectivity index (χ3v) is 4.64. The molecule has 0 radical (unpaired) electrons. The smallest absolute Gasteiger partial charge is 0.337 e. The number of amides is 1. The third-order valence-electron chi connectivity index (χ3n) is 3.88. The van der Waals surface area contributed by atoms with Gasteiger partial charge in [0.2, 0.25) is 5.91 Å². The Bertz CT molecular complexity index is 992. The second-order valence-electron chi connectivity index (χ2n) is 5.70. The van der Waals surface area contributed by atoms with Crippen LogP contribution in [0.25, 0.3) is 17.3 Å². The summed E-state index contributed by atoms with van der Waals surface area (Å²) in [6, 6.07) is 14.3. The maximum absolute atomic E-state index is 12.1. The summed E-state index contributed by atoms with van der Waals surface area (Å²) in [6.45, 7) is 0. The number of thiazole rings is 1. The van der Waals surface area contributed by atoms with Crippen LogP contribution in [0.1, 0.15) is 15.9 Å². The van der Waals surface area contributed by atoms with Crippen LogP contribution in [0.4, 0.5) is 5.13 Å². The van der Waals surface area contributed by atoms with Crippen molar-refractivity contribution in [3.8, 4) is 17.0 Å². The summed E-state index contributed by atoms with van der Waals surface area (Å²) in [5.41, 5.74) is 2.97. The van der Waals surface area contributed by atoms with E-state index in [1.54, 1.807) is 37.5 Å². The zero-order valence-electron chi connectivity index (χ0n) is 15.3. The lowest BCUT2D eigenvalue weighted by Gasteiger charge is -2.01. The van der Waals surface area contributed by atoms with Gasteiger partial charge in [0.25, 0.3) is 0 Å². The first-order valence-corrected chi connectivity index (χ1v) is 9.24. The van der Waals surface area contributed by atoms with Crippen LogP contribution in [0.5, 0.6) is 5.75 Å². The van der Waals surface area contributed by atoms with Gasteiger partial charge in [-0.15, -0.1) is 11.3 Å². The summed E-state index contributed by atoms with van der Waals surface area (Å²) in [5.74, 6) is 0.0923. The van der Waals surface area contributed by atoms with Crippen molar-refractivity contribution in [2.24, 2.45) is 0 Å². The van der Waals surface area contributed by atoms with Gasteiger partial charge in [0.1, 0.15) is 5.75 Å². The highest BCUT2D eigenvalue weighted by molar-refractivity contribution is 7.14. The number of esters is 1. The number of aromatic nitrogens is 1. The van der Waals surface area contributed by atoms with Gasteiger partial charge in [-0.05, 0) is 48.0 Å². The number of methoxy groups -OCH3 is 2. The molecule has 3 rings (SSSR count). The van der Waals surface area contributed by atoms with E-state index in [1.807, 2.05) is 29.6 Å². The van der Waals surface area contributed by atoms with Gasteiger partial charge in [0.15, 0.2) is 5.13 Å². The normalized spacial score (nSPS) is 10.6. The van der Waals surface area contributed by atoms with Crippen LogP contribution in [0.2, 0.25) is 0 Å². The van der Waals surface area contributed by atoms with E-state index in [9.17, 15) is 9.59 Å². The highest BCUT2D eigenvalue weighted by Crippen LogP contribution is 2.26. The number of hydrogen-bond donors (Lipinski definition) is 1. The molecule has 0 aliphatic rings. The fourth-order valence-corrected chi connectivity index (χ4v) is 3.12. The molecule has 1 aromatic heterocycles. The summed E-state index contributed by atoms with van der Waals surface area (Å²) in [4.78, 5) is 28.0. The summed E-state index contributed by atoms with van der Waals surface area (Å²) in [5, 5.41) is 5.14. The second-order valence-corrected chi connectivity index (χ2v) is 6.56. The third kappa shape index (κ3) is 4.83. The molecule has 1 heterocycles. The molecule has 3 aromatic rings. The molecule has 0 fully saturated rings. The molecule has 7 heteroatoms. The van der Waals surface area contributed by atoms with Crippen molar-refractivity contribution in [3.05, 3.63) is 71.1 Å². The van der Waals surface area contributed by atoms with E-state index in [-0.39, 0.29) is 5.91 Å². The Labute approximate surface area is 166 Å². The van der Waals surface area contributed by atoms with Crippen LogP contribution in [0.15, 0.2) is 60.0 Å². The molecule has 28 heavy (non-hydrogen) atoms. The van der Waals surface area contributed by atoms with Gasteiger partial charge in [0, 0.05) is 17.0 Å². The van der Waals surface area contributed by atoms with E-state index >= 15 is 0 Å². The van der Waals surface area contributed by atoms with Gasteiger partial charge in [-0.25, -0.2) is 9.78 Å². The molecule has 1 N–H and O–H groups in total. The van der Waals surface area contributed by atoms with Crippen molar-refractivity contribution in [2.45, 2.75) is 0 Å². The number of nitrogens with one attached hydrogen (secondary N) is 1. The molecule has 6 nitrogen and oxygen atoms in total. The Morgan fingerprint density at radius 1 is 1.04 bits per heavy atom. The molecule has 0 saturated carbocycles. The number of nitrogens with zero attached hydrogens (tertiary/aromatic N) is 1. The zero-order chi connectivity index (χ0) is 19.9. The summed E-state index contributed by atoms with van der Waals surface area (Å²) in [6.07, 6.45) is 3.08. The molecule has 0 bridgehead atoms. The number of rotatable bonds is 6. The fraction of sp³-hybridized carbons (Fsp3) is 0.0952. The van der Waals surface area contributed by atoms with E-state index in [1.165, 1.54) is 24.5 Å². The van der Waals surface area contributed by atoms with Crippen LogP contribution in [-0.2, 0) is 9.53 Å².